The van der Waals surface area contributed by atoms with E-state index >= 15 is 0 Å². The number of carbonyl (C=O) groups is 1. The molecule has 2 N–H and O–H groups in total. The fourth-order valence-corrected chi connectivity index (χ4v) is 1.46. The summed E-state index contributed by atoms with van der Waals surface area (Å²) in [6, 6.07) is 3.38. The van der Waals surface area contributed by atoms with E-state index in [4.69, 9.17) is 11.0 Å². The monoisotopic (exact) mass is 258 g/mol. The minimum atomic E-state index is -0.635. The van der Waals surface area contributed by atoms with Crippen LogP contribution in [-0.2, 0) is 4.74 Å². The molecule has 0 aliphatic heterocycles. The molecule has 1 heterocycles. The molecule has 19 heavy (non-hydrogen) atoms. The first kappa shape index (κ1) is 14.4. The molecule has 0 spiro atoms. The molecule has 1 rings (SSSR count). The Morgan fingerprint density at radius 3 is 2.95 bits per heavy atom. The lowest BCUT2D eigenvalue weighted by Crippen LogP contribution is -2.11. The summed E-state index contributed by atoms with van der Waals surface area (Å²) in [5.74, 6) is -0.635. The van der Waals surface area contributed by atoms with Gasteiger partial charge in [0.1, 0.15) is 11.6 Å². The Balaban J connectivity index is 3.47. The maximum Gasteiger partial charge on any atom is 0.341 e. The van der Waals surface area contributed by atoms with Crippen LogP contribution in [0.2, 0.25) is 0 Å². The van der Waals surface area contributed by atoms with E-state index in [1.165, 1.54) is 31.8 Å². The van der Waals surface area contributed by atoms with Gasteiger partial charge >= 0.3 is 5.97 Å². The number of allylic oxidation sites excluding steroid dienone is 1. The Morgan fingerprint density at radius 2 is 2.42 bits per heavy atom. The van der Waals surface area contributed by atoms with Crippen molar-refractivity contribution in [2.24, 2.45) is 10.7 Å². The lowest BCUT2D eigenvalue weighted by atomic mass is 10.0. The number of ether oxygens (including phenoxy) is 1. The van der Waals surface area contributed by atoms with Gasteiger partial charge in [0.2, 0.25) is 0 Å². The van der Waals surface area contributed by atoms with Gasteiger partial charge in [0.15, 0.2) is 0 Å². The van der Waals surface area contributed by atoms with Crippen LogP contribution in [0.3, 0.4) is 0 Å². The van der Waals surface area contributed by atoms with Crippen LogP contribution in [0.5, 0.6) is 0 Å². The molecule has 0 unspecified atom stereocenters. The number of aromatic nitrogens is 1. The smallest absolute Gasteiger partial charge is 0.341 e. The van der Waals surface area contributed by atoms with Gasteiger partial charge in [-0.25, -0.2) is 4.79 Å². The second kappa shape index (κ2) is 6.91. The third-order valence-electron chi connectivity index (χ3n) is 2.33. The quantitative estimate of drug-likeness (QED) is 0.644. The van der Waals surface area contributed by atoms with Crippen molar-refractivity contribution in [2.75, 3.05) is 13.7 Å². The van der Waals surface area contributed by atoms with Crippen molar-refractivity contribution >= 4 is 17.8 Å². The molecular formula is C13H14N4O2. The zero-order valence-corrected chi connectivity index (χ0v) is 10.8. The maximum absolute atomic E-state index is 11.8. The van der Waals surface area contributed by atoms with Crippen LogP contribution >= 0.6 is 0 Å². The SMILES string of the molecule is CCN=CC(=CN)c1nccc(C#N)c1C(=O)OC. The summed E-state index contributed by atoms with van der Waals surface area (Å²) in [6.07, 6.45) is 4.23. The van der Waals surface area contributed by atoms with E-state index in [-0.39, 0.29) is 16.8 Å². The van der Waals surface area contributed by atoms with Crippen LogP contribution in [0.25, 0.3) is 5.57 Å². The zero-order valence-electron chi connectivity index (χ0n) is 10.8. The molecule has 6 nitrogen and oxygen atoms in total. The topological polar surface area (TPSA) is 101 Å². The van der Waals surface area contributed by atoms with Crippen LogP contribution in [0.15, 0.2) is 23.5 Å². The molecule has 0 saturated heterocycles. The average molecular weight is 258 g/mol. The molecule has 0 aliphatic rings. The molecule has 1 aromatic rings. The van der Waals surface area contributed by atoms with Gasteiger partial charge in [0.05, 0.1) is 18.4 Å². The minimum Gasteiger partial charge on any atom is -0.465 e. The molecule has 0 atom stereocenters. The zero-order chi connectivity index (χ0) is 14.3. The number of hydrogen-bond donors (Lipinski definition) is 1. The highest BCUT2D eigenvalue weighted by atomic mass is 16.5. The molecule has 98 valence electrons. The number of aliphatic imine (C=N–C) groups is 1. The van der Waals surface area contributed by atoms with Crippen molar-refractivity contribution < 1.29 is 9.53 Å². The third kappa shape index (κ3) is 3.16. The van der Waals surface area contributed by atoms with Crippen molar-refractivity contribution in [3.63, 3.8) is 0 Å². The summed E-state index contributed by atoms with van der Waals surface area (Å²) in [5.41, 5.74) is 6.53. The minimum absolute atomic E-state index is 0.0896. The number of methoxy groups -OCH3 is 1. The number of hydrogen-bond acceptors (Lipinski definition) is 6. The lowest BCUT2D eigenvalue weighted by molar-refractivity contribution is 0.0599. The van der Waals surface area contributed by atoms with E-state index in [1.54, 1.807) is 0 Å². The number of esters is 1. The highest BCUT2D eigenvalue weighted by Crippen LogP contribution is 2.19. The van der Waals surface area contributed by atoms with Gasteiger partial charge in [-0.1, -0.05) is 0 Å². The number of carbonyl (C=O) groups excluding carboxylic acids is 1. The molecule has 0 amide bonds. The molecule has 0 aliphatic carbocycles. The Morgan fingerprint density at radius 1 is 1.68 bits per heavy atom. The third-order valence-corrected chi connectivity index (χ3v) is 2.33. The van der Waals surface area contributed by atoms with Crippen LogP contribution in [-0.4, -0.2) is 30.8 Å². The van der Waals surface area contributed by atoms with Gasteiger partial charge in [-0.15, -0.1) is 0 Å². The maximum atomic E-state index is 11.8. The summed E-state index contributed by atoms with van der Waals surface area (Å²) in [5, 5.41) is 9.05. The standard InChI is InChI=1S/C13H14N4O2/c1-3-16-8-10(7-15)12-11(13(18)19-2)9(6-14)4-5-17-12/h4-5,7-8H,3,15H2,1-2H3. The molecule has 1 aromatic heterocycles. The Kier molecular flexibility index (Phi) is 5.23. The van der Waals surface area contributed by atoms with Gasteiger partial charge in [-0.3, -0.25) is 9.98 Å². The lowest BCUT2D eigenvalue weighted by Gasteiger charge is -2.08. The number of rotatable bonds is 4. The first-order valence-corrected chi connectivity index (χ1v) is 5.59. The number of nitrogens with two attached hydrogens (primary N) is 1. The van der Waals surface area contributed by atoms with Crippen molar-refractivity contribution in [1.29, 1.82) is 5.26 Å². The Bertz CT molecular complexity index is 570. The van der Waals surface area contributed by atoms with E-state index < -0.39 is 5.97 Å². The first-order chi connectivity index (χ1) is 9.19. The predicted octanol–water partition coefficient (Wildman–Crippen LogP) is 1.13. The predicted molar refractivity (Wildman–Crippen MR) is 71.5 cm³/mol. The number of nitriles is 1. The van der Waals surface area contributed by atoms with Gasteiger partial charge in [0, 0.05) is 30.7 Å². The van der Waals surface area contributed by atoms with E-state index in [0.717, 1.165) is 0 Å². The number of nitrogens with zero attached hydrogens (tertiary/aromatic N) is 3. The summed E-state index contributed by atoms with van der Waals surface area (Å²) in [7, 11) is 1.24. The molecule has 0 fully saturated rings. The molecule has 0 aromatic carbocycles. The second-order valence-corrected chi connectivity index (χ2v) is 3.44. The highest BCUT2D eigenvalue weighted by Gasteiger charge is 2.20. The average Bonchev–Trinajstić information content (AvgIpc) is 2.46. The first-order valence-electron chi connectivity index (χ1n) is 5.59. The van der Waals surface area contributed by atoms with Crippen LogP contribution in [0.4, 0.5) is 0 Å². The van der Waals surface area contributed by atoms with Crippen molar-refractivity contribution in [3.05, 3.63) is 35.3 Å². The van der Waals surface area contributed by atoms with E-state index in [0.29, 0.717) is 12.1 Å². The van der Waals surface area contributed by atoms with Crippen molar-refractivity contribution in [2.45, 2.75) is 6.92 Å². The molecule has 6 heteroatoms. The summed E-state index contributed by atoms with van der Waals surface area (Å²) < 4.78 is 4.68. The van der Waals surface area contributed by atoms with Gasteiger partial charge < -0.3 is 10.5 Å². The van der Waals surface area contributed by atoms with Gasteiger partial charge in [0.25, 0.3) is 0 Å². The second-order valence-electron chi connectivity index (χ2n) is 3.44. The van der Waals surface area contributed by atoms with Crippen molar-refractivity contribution in [3.8, 4) is 6.07 Å². The van der Waals surface area contributed by atoms with Crippen LogP contribution in [0.1, 0.15) is 28.5 Å². The molecular weight excluding hydrogens is 244 g/mol. The van der Waals surface area contributed by atoms with E-state index in [9.17, 15) is 4.79 Å². The van der Waals surface area contributed by atoms with E-state index in [2.05, 4.69) is 14.7 Å². The Hall–Kier alpha value is -2.68. The van der Waals surface area contributed by atoms with Crippen LogP contribution < -0.4 is 5.73 Å². The normalized spacial score (nSPS) is 11.3. The van der Waals surface area contributed by atoms with Gasteiger partial charge in [-0.2, -0.15) is 5.26 Å². The number of pyridine rings is 1. The fourth-order valence-electron chi connectivity index (χ4n) is 1.46. The Labute approximate surface area is 111 Å². The molecule has 0 bridgehead atoms. The summed E-state index contributed by atoms with van der Waals surface area (Å²) >= 11 is 0. The fraction of sp³-hybridized carbons (Fsp3) is 0.231. The molecule has 0 radical (unpaired) electrons. The van der Waals surface area contributed by atoms with Gasteiger partial charge in [-0.05, 0) is 13.0 Å². The highest BCUT2D eigenvalue weighted by molar-refractivity contribution is 6.13. The summed E-state index contributed by atoms with van der Waals surface area (Å²) in [6.45, 7) is 2.44. The van der Waals surface area contributed by atoms with E-state index in [1.807, 2.05) is 13.0 Å². The molecule has 0 saturated carbocycles. The van der Waals surface area contributed by atoms with Crippen LogP contribution in [0, 0.1) is 11.3 Å². The van der Waals surface area contributed by atoms with Crippen molar-refractivity contribution in [1.82, 2.24) is 4.98 Å². The summed E-state index contributed by atoms with van der Waals surface area (Å²) in [4.78, 5) is 19.9. The largest absolute Gasteiger partial charge is 0.465 e.